The zero-order valence-electron chi connectivity index (χ0n) is 18.4. The van der Waals surface area contributed by atoms with Gasteiger partial charge in [-0.3, -0.25) is 9.78 Å². The number of nitrogens with zero attached hydrogens (tertiary/aromatic N) is 5. The number of imidazole rings is 1. The lowest BCUT2D eigenvalue weighted by Gasteiger charge is -2.18. The summed E-state index contributed by atoms with van der Waals surface area (Å²) in [5, 5.41) is 0. The smallest absolute Gasteiger partial charge is 0.253 e. The fraction of sp³-hybridized carbons (Fsp3) is 0.333. The van der Waals surface area contributed by atoms with Gasteiger partial charge in [0.2, 0.25) is 5.88 Å². The van der Waals surface area contributed by atoms with E-state index < -0.39 is 0 Å². The first kappa shape index (κ1) is 20.4. The SMILES string of the molecule is Cc1cc(-c2nc3cnc(O[C@H]4CCOC4)cc3n2[C@@H](C)c2ccccn2)cn(C)c1=O. The molecule has 5 rings (SSSR count). The van der Waals surface area contributed by atoms with E-state index in [0.717, 1.165) is 34.5 Å². The number of hydrogen-bond donors (Lipinski definition) is 0. The lowest BCUT2D eigenvalue weighted by atomic mass is 10.1. The molecule has 0 saturated carbocycles. The number of fused-ring (bicyclic) bond motifs is 1. The van der Waals surface area contributed by atoms with E-state index in [9.17, 15) is 4.79 Å². The monoisotopic (exact) mass is 431 g/mol. The van der Waals surface area contributed by atoms with E-state index in [-0.39, 0.29) is 17.7 Å². The molecule has 8 nitrogen and oxygen atoms in total. The Balaban J connectivity index is 1.69. The summed E-state index contributed by atoms with van der Waals surface area (Å²) >= 11 is 0. The standard InChI is InChI=1S/C24H25N5O3/c1-15-10-17(13-28(3)24(15)30)23-27-20-12-26-22(32-18-7-9-31-14-18)11-21(20)29(23)16(2)19-6-4-5-8-25-19/h4-6,8,10-13,16,18H,7,9,14H2,1-3H3/t16-,18-/m0/s1. The number of aryl methyl sites for hydroxylation is 2. The largest absolute Gasteiger partial charge is 0.472 e. The van der Waals surface area contributed by atoms with Gasteiger partial charge in [0.1, 0.15) is 17.4 Å². The van der Waals surface area contributed by atoms with Crippen LogP contribution < -0.4 is 10.3 Å². The summed E-state index contributed by atoms with van der Waals surface area (Å²) in [4.78, 5) is 26.2. The van der Waals surface area contributed by atoms with Gasteiger partial charge in [-0.15, -0.1) is 0 Å². The third kappa shape index (κ3) is 3.67. The molecule has 0 N–H and O–H groups in total. The molecule has 0 amide bonds. The minimum Gasteiger partial charge on any atom is -0.472 e. The molecular formula is C24H25N5O3. The summed E-state index contributed by atoms with van der Waals surface area (Å²) < 4.78 is 15.2. The van der Waals surface area contributed by atoms with Crippen molar-refractivity contribution in [1.82, 2.24) is 24.1 Å². The van der Waals surface area contributed by atoms with Crippen molar-refractivity contribution in [1.29, 1.82) is 0 Å². The molecule has 0 bridgehead atoms. The van der Waals surface area contributed by atoms with E-state index in [1.54, 1.807) is 24.0 Å². The van der Waals surface area contributed by atoms with Crippen LogP contribution in [-0.2, 0) is 11.8 Å². The molecule has 8 heteroatoms. The van der Waals surface area contributed by atoms with Crippen molar-refractivity contribution in [3.8, 4) is 17.3 Å². The highest BCUT2D eigenvalue weighted by Crippen LogP contribution is 2.32. The first-order valence-corrected chi connectivity index (χ1v) is 10.7. The van der Waals surface area contributed by atoms with Gasteiger partial charge in [-0.1, -0.05) is 6.07 Å². The van der Waals surface area contributed by atoms with E-state index in [1.807, 2.05) is 43.5 Å². The highest BCUT2D eigenvalue weighted by Gasteiger charge is 2.23. The predicted octanol–water partition coefficient (Wildman–Crippen LogP) is 3.28. The van der Waals surface area contributed by atoms with Gasteiger partial charge in [0.25, 0.3) is 5.56 Å². The van der Waals surface area contributed by atoms with Crippen LogP contribution >= 0.6 is 0 Å². The molecule has 1 saturated heterocycles. The molecule has 164 valence electrons. The third-order valence-corrected chi connectivity index (χ3v) is 5.85. The van der Waals surface area contributed by atoms with E-state index in [1.165, 1.54) is 0 Å². The van der Waals surface area contributed by atoms with Gasteiger partial charge in [-0.05, 0) is 32.0 Å². The fourth-order valence-electron chi connectivity index (χ4n) is 4.17. The van der Waals surface area contributed by atoms with Crippen LogP contribution in [0.4, 0.5) is 0 Å². The zero-order valence-corrected chi connectivity index (χ0v) is 18.4. The molecule has 1 fully saturated rings. The lowest BCUT2D eigenvalue weighted by molar-refractivity contribution is 0.138. The molecule has 0 unspecified atom stereocenters. The van der Waals surface area contributed by atoms with E-state index >= 15 is 0 Å². The lowest BCUT2D eigenvalue weighted by Crippen LogP contribution is -2.19. The molecule has 0 aromatic carbocycles. The number of rotatable bonds is 5. The van der Waals surface area contributed by atoms with Crippen molar-refractivity contribution in [2.24, 2.45) is 7.05 Å². The maximum Gasteiger partial charge on any atom is 0.253 e. The van der Waals surface area contributed by atoms with Gasteiger partial charge in [-0.25, -0.2) is 9.97 Å². The summed E-state index contributed by atoms with van der Waals surface area (Å²) in [6, 6.07) is 9.59. The van der Waals surface area contributed by atoms with Crippen molar-refractivity contribution >= 4 is 11.0 Å². The van der Waals surface area contributed by atoms with E-state index in [2.05, 4.69) is 21.5 Å². The van der Waals surface area contributed by atoms with Gasteiger partial charge in [0, 0.05) is 43.1 Å². The van der Waals surface area contributed by atoms with Crippen molar-refractivity contribution in [3.63, 3.8) is 0 Å². The van der Waals surface area contributed by atoms with E-state index in [4.69, 9.17) is 14.5 Å². The van der Waals surface area contributed by atoms with Crippen LogP contribution in [0.15, 0.2) is 53.7 Å². The van der Waals surface area contributed by atoms with Gasteiger partial charge >= 0.3 is 0 Å². The van der Waals surface area contributed by atoms with Crippen molar-refractivity contribution in [3.05, 3.63) is 70.5 Å². The average molecular weight is 431 g/mol. The van der Waals surface area contributed by atoms with Crippen LogP contribution in [0.3, 0.4) is 0 Å². The number of aromatic nitrogens is 5. The average Bonchev–Trinajstić information content (AvgIpc) is 3.45. The number of pyridine rings is 3. The molecule has 0 radical (unpaired) electrons. The van der Waals surface area contributed by atoms with Crippen LogP contribution in [0.2, 0.25) is 0 Å². The number of ether oxygens (including phenoxy) is 2. The molecule has 0 spiro atoms. The maximum atomic E-state index is 12.3. The first-order chi connectivity index (χ1) is 15.5. The molecule has 32 heavy (non-hydrogen) atoms. The predicted molar refractivity (Wildman–Crippen MR) is 121 cm³/mol. The quantitative estimate of drug-likeness (QED) is 0.482. The Morgan fingerprint density at radius 3 is 2.84 bits per heavy atom. The second-order valence-electron chi connectivity index (χ2n) is 8.18. The third-order valence-electron chi connectivity index (χ3n) is 5.85. The normalized spacial score (nSPS) is 17.0. The van der Waals surface area contributed by atoms with Gasteiger partial charge < -0.3 is 18.6 Å². The Kier molecular flexibility index (Phi) is 5.22. The summed E-state index contributed by atoms with van der Waals surface area (Å²) in [6.45, 7) is 5.19. The summed E-state index contributed by atoms with van der Waals surface area (Å²) in [7, 11) is 1.76. The molecule has 4 aromatic rings. The molecular weight excluding hydrogens is 406 g/mol. The second kappa shape index (κ2) is 8.20. The molecule has 0 aliphatic carbocycles. The first-order valence-electron chi connectivity index (χ1n) is 10.7. The fourth-order valence-corrected chi connectivity index (χ4v) is 4.17. The molecule has 4 aromatic heterocycles. The Hall–Kier alpha value is -3.52. The van der Waals surface area contributed by atoms with Crippen LogP contribution in [-0.4, -0.2) is 43.4 Å². The summed E-state index contributed by atoms with van der Waals surface area (Å²) in [5.41, 5.74) is 4.06. The molecule has 5 heterocycles. The minimum absolute atomic E-state index is 0.00954. The van der Waals surface area contributed by atoms with Crippen molar-refractivity contribution < 1.29 is 9.47 Å². The van der Waals surface area contributed by atoms with E-state index in [0.29, 0.717) is 24.7 Å². The zero-order chi connectivity index (χ0) is 22.2. The summed E-state index contributed by atoms with van der Waals surface area (Å²) in [6.07, 6.45) is 6.21. The minimum atomic E-state index is -0.0983. The second-order valence-corrected chi connectivity index (χ2v) is 8.18. The van der Waals surface area contributed by atoms with Gasteiger partial charge in [0.15, 0.2) is 0 Å². The Labute approximate surface area is 185 Å². The van der Waals surface area contributed by atoms with Gasteiger partial charge in [-0.2, -0.15) is 0 Å². The van der Waals surface area contributed by atoms with Crippen LogP contribution in [0, 0.1) is 6.92 Å². The van der Waals surface area contributed by atoms with Crippen molar-refractivity contribution in [2.75, 3.05) is 13.2 Å². The molecule has 1 aliphatic rings. The van der Waals surface area contributed by atoms with Gasteiger partial charge in [0.05, 0.1) is 36.7 Å². The maximum absolute atomic E-state index is 12.3. The Bertz CT molecular complexity index is 1300. The highest BCUT2D eigenvalue weighted by atomic mass is 16.5. The van der Waals surface area contributed by atoms with Crippen LogP contribution in [0.5, 0.6) is 5.88 Å². The van der Waals surface area contributed by atoms with Crippen molar-refractivity contribution in [2.45, 2.75) is 32.4 Å². The van der Waals surface area contributed by atoms with Crippen LogP contribution in [0.25, 0.3) is 22.4 Å². The molecule has 2 atom stereocenters. The summed E-state index contributed by atoms with van der Waals surface area (Å²) in [5.74, 6) is 1.30. The molecule has 1 aliphatic heterocycles. The number of hydrogen-bond acceptors (Lipinski definition) is 6. The topological polar surface area (TPSA) is 84.1 Å². The van der Waals surface area contributed by atoms with Crippen LogP contribution in [0.1, 0.15) is 30.6 Å². The highest BCUT2D eigenvalue weighted by molar-refractivity contribution is 5.81. The Morgan fingerprint density at radius 2 is 2.12 bits per heavy atom. The Morgan fingerprint density at radius 1 is 1.25 bits per heavy atom.